The highest BCUT2D eigenvalue weighted by atomic mass is 32.1. The van der Waals surface area contributed by atoms with Crippen molar-refractivity contribution in [3.8, 4) is 11.5 Å². The Hall–Kier alpha value is -1.61. The second-order valence-corrected chi connectivity index (χ2v) is 3.62. The maximum atomic E-state index is 5.65. The van der Waals surface area contributed by atoms with Crippen LogP contribution in [0.5, 0.6) is 11.5 Å². The van der Waals surface area contributed by atoms with Crippen LogP contribution in [0.3, 0.4) is 0 Å². The van der Waals surface area contributed by atoms with Crippen LogP contribution in [0, 0.1) is 0 Å². The van der Waals surface area contributed by atoms with Gasteiger partial charge in [-0.05, 0) is 30.3 Å². The summed E-state index contributed by atoms with van der Waals surface area (Å²) in [7, 11) is 0. The van der Waals surface area contributed by atoms with E-state index in [2.05, 4.69) is 12.6 Å². The Balaban J connectivity index is 2.22. The third kappa shape index (κ3) is 2.44. The van der Waals surface area contributed by atoms with Gasteiger partial charge in [-0.2, -0.15) is 0 Å². The lowest BCUT2D eigenvalue weighted by atomic mass is 10.3. The van der Waals surface area contributed by atoms with Crippen LogP contribution in [0.15, 0.2) is 53.4 Å². The van der Waals surface area contributed by atoms with E-state index in [-0.39, 0.29) is 0 Å². The molecule has 0 aromatic heterocycles. The molecule has 2 nitrogen and oxygen atoms in total. The van der Waals surface area contributed by atoms with E-state index in [1.54, 1.807) is 12.1 Å². The minimum Gasteiger partial charge on any atom is -0.457 e. The Bertz CT molecular complexity index is 456. The van der Waals surface area contributed by atoms with Crippen LogP contribution in [0.25, 0.3) is 0 Å². The van der Waals surface area contributed by atoms with Crippen molar-refractivity contribution in [1.82, 2.24) is 0 Å². The molecular weight excluding hydrogens is 206 g/mol. The fourth-order valence-corrected chi connectivity index (χ4v) is 1.41. The van der Waals surface area contributed by atoms with E-state index in [0.29, 0.717) is 5.69 Å². The number of nitrogens with two attached hydrogens (primary N) is 1. The van der Waals surface area contributed by atoms with Gasteiger partial charge in [-0.3, -0.25) is 0 Å². The zero-order chi connectivity index (χ0) is 10.7. The van der Waals surface area contributed by atoms with Gasteiger partial charge in [0.25, 0.3) is 0 Å². The van der Waals surface area contributed by atoms with Crippen molar-refractivity contribution in [3.05, 3.63) is 48.5 Å². The molecule has 0 aliphatic heterocycles. The number of thiol groups is 1. The molecule has 0 bridgehead atoms. The first-order chi connectivity index (χ1) is 7.25. The van der Waals surface area contributed by atoms with Crippen LogP contribution in [0.2, 0.25) is 0 Å². The molecule has 0 radical (unpaired) electrons. The fourth-order valence-electron chi connectivity index (χ4n) is 1.21. The maximum Gasteiger partial charge on any atom is 0.128 e. The molecule has 0 aliphatic carbocycles. The predicted molar refractivity (Wildman–Crippen MR) is 64.6 cm³/mol. The lowest BCUT2D eigenvalue weighted by molar-refractivity contribution is 0.481. The van der Waals surface area contributed by atoms with E-state index < -0.39 is 0 Å². The van der Waals surface area contributed by atoms with Gasteiger partial charge in [-0.15, -0.1) is 12.6 Å². The molecule has 0 saturated heterocycles. The van der Waals surface area contributed by atoms with Gasteiger partial charge in [0.1, 0.15) is 11.5 Å². The standard InChI is InChI=1S/C12H11NOS/c13-11-7-6-10(8-12(11)15)14-9-4-2-1-3-5-9/h1-8,15H,13H2. The number of hydrogen-bond acceptors (Lipinski definition) is 3. The molecule has 2 aromatic carbocycles. The van der Waals surface area contributed by atoms with Gasteiger partial charge >= 0.3 is 0 Å². The molecule has 0 amide bonds. The van der Waals surface area contributed by atoms with Crippen molar-refractivity contribution in [2.75, 3.05) is 5.73 Å². The number of anilines is 1. The normalized spacial score (nSPS) is 9.93. The molecule has 0 atom stereocenters. The quantitative estimate of drug-likeness (QED) is 0.597. The van der Waals surface area contributed by atoms with E-state index in [9.17, 15) is 0 Å². The summed E-state index contributed by atoms with van der Waals surface area (Å²) in [6.45, 7) is 0. The van der Waals surface area contributed by atoms with E-state index in [4.69, 9.17) is 10.5 Å². The van der Waals surface area contributed by atoms with Crippen LogP contribution >= 0.6 is 12.6 Å². The first kappa shape index (κ1) is 9.93. The zero-order valence-electron chi connectivity index (χ0n) is 8.05. The Kier molecular flexibility index (Phi) is 2.83. The molecule has 2 aromatic rings. The van der Waals surface area contributed by atoms with E-state index in [0.717, 1.165) is 16.4 Å². The smallest absolute Gasteiger partial charge is 0.128 e. The van der Waals surface area contributed by atoms with Crippen molar-refractivity contribution in [3.63, 3.8) is 0 Å². The number of ether oxygens (including phenoxy) is 1. The Morgan fingerprint density at radius 2 is 1.67 bits per heavy atom. The Morgan fingerprint density at radius 3 is 2.33 bits per heavy atom. The van der Waals surface area contributed by atoms with Crippen molar-refractivity contribution >= 4 is 18.3 Å². The van der Waals surface area contributed by atoms with Gasteiger partial charge in [0, 0.05) is 10.6 Å². The van der Waals surface area contributed by atoms with Gasteiger partial charge in [0.15, 0.2) is 0 Å². The van der Waals surface area contributed by atoms with E-state index in [1.165, 1.54) is 0 Å². The molecule has 0 fully saturated rings. The highest BCUT2D eigenvalue weighted by Crippen LogP contribution is 2.26. The number of benzene rings is 2. The Labute approximate surface area is 94.1 Å². The zero-order valence-corrected chi connectivity index (χ0v) is 8.95. The number of rotatable bonds is 2. The highest BCUT2D eigenvalue weighted by molar-refractivity contribution is 7.80. The first-order valence-electron chi connectivity index (χ1n) is 4.57. The summed E-state index contributed by atoms with van der Waals surface area (Å²) in [5, 5.41) is 0. The molecule has 0 spiro atoms. The second-order valence-electron chi connectivity index (χ2n) is 3.14. The minimum atomic E-state index is 0.652. The number of nitrogen functional groups attached to an aromatic ring is 1. The summed E-state index contributed by atoms with van der Waals surface area (Å²) in [6, 6.07) is 15.0. The lowest BCUT2D eigenvalue weighted by Gasteiger charge is -2.06. The summed E-state index contributed by atoms with van der Waals surface area (Å²) < 4.78 is 5.61. The lowest BCUT2D eigenvalue weighted by Crippen LogP contribution is -1.88. The van der Waals surface area contributed by atoms with Crippen LogP contribution in [0.1, 0.15) is 0 Å². The van der Waals surface area contributed by atoms with Crippen molar-refractivity contribution in [2.24, 2.45) is 0 Å². The third-order valence-corrected chi connectivity index (χ3v) is 2.37. The molecule has 3 heteroatoms. The molecule has 2 rings (SSSR count). The maximum absolute atomic E-state index is 5.65. The summed E-state index contributed by atoms with van der Waals surface area (Å²) >= 11 is 4.23. The van der Waals surface area contributed by atoms with Crippen LogP contribution in [-0.4, -0.2) is 0 Å². The van der Waals surface area contributed by atoms with Crippen molar-refractivity contribution < 1.29 is 4.74 Å². The van der Waals surface area contributed by atoms with Crippen LogP contribution in [0.4, 0.5) is 5.69 Å². The van der Waals surface area contributed by atoms with Crippen molar-refractivity contribution in [2.45, 2.75) is 4.90 Å². The summed E-state index contributed by atoms with van der Waals surface area (Å²) in [6.07, 6.45) is 0. The van der Waals surface area contributed by atoms with E-state index in [1.807, 2.05) is 36.4 Å². The van der Waals surface area contributed by atoms with E-state index >= 15 is 0 Å². The second kappa shape index (κ2) is 4.28. The molecule has 15 heavy (non-hydrogen) atoms. The average Bonchev–Trinajstić information content (AvgIpc) is 2.25. The minimum absolute atomic E-state index is 0.652. The van der Waals surface area contributed by atoms with Gasteiger partial charge in [0.2, 0.25) is 0 Å². The van der Waals surface area contributed by atoms with Gasteiger partial charge in [-0.1, -0.05) is 18.2 Å². The van der Waals surface area contributed by atoms with Gasteiger partial charge < -0.3 is 10.5 Å². The SMILES string of the molecule is Nc1ccc(Oc2ccccc2)cc1S. The molecule has 0 heterocycles. The first-order valence-corrected chi connectivity index (χ1v) is 5.02. The average molecular weight is 217 g/mol. The summed E-state index contributed by atoms with van der Waals surface area (Å²) in [5.74, 6) is 1.54. The molecule has 76 valence electrons. The molecule has 0 aliphatic rings. The third-order valence-electron chi connectivity index (χ3n) is 1.98. The van der Waals surface area contributed by atoms with Gasteiger partial charge in [-0.25, -0.2) is 0 Å². The summed E-state index contributed by atoms with van der Waals surface area (Å²) in [5.41, 5.74) is 6.30. The predicted octanol–water partition coefficient (Wildman–Crippen LogP) is 3.35. The number of para-hydroxylation sites is 1. The topological polar surface area (TPSA) is 35.2 Å². The molecule has 0 unspecified atom stereocenters. The number of hydrogen-bond donors (Lipinski definition) is 2. The monoisotopic (exact) mass is 217 g/mol. The van der Waals surface area contributed by atoms with Crippen molar-refractivity contribution in [1.29, 1.82) is 0 Å². The van der Waals surface area contributed by atoms with Crippen LogP contribution < -0.4 is 10.5 Å². The fraction of sp³-hybridized carbons (Fsp3) is 0. The molecular formula is C12H11NOS. The van der Waals surface area contributed by atoms with Crippen LogP contribution in [-0.2, 0) is 0 Å². The summed E-state index contributed by atoms with van der Waals surface area (Å²) in [4.78, 5) is 0.725. The molecule has 2 N–H and O–H groups in total. The largest absolute Gasteiger partial charge is 0.457 e. The highest BCUT2D eigenvalue weighted by Gasteiger charge is 1.99. The molecule has 0 saturated carbocycles. The Morgan fingerprint density at radius 1 is 0.933 bits per heavy atom. The van der Waals surface area contributed by atoms with Gasteiger partial charge in [0.05, 0.1) is 0 Å².